The van der Waals surface area contributed by atoms with Gasteiger partial charge in [-0.2, -0.15) is 5.10 Å². The summed E-state index contributed by atoms with van der Waals surface area (Å²) in [6, 6.07) is 9.63. The fourth-order valence-corrected chi connectivity index (χ4v) is 3.15. The van der Waals surface area contributed by atoms with Crippen LogP contribution in [0.4, 0.5) is 5.82 Å². The summed E-state index contributed by atoms with van der Waals surface area (Å²) in [7, 11) is 0. The SMILES string of the molecule is O=C(O)[C@H]1CC=CC[C@@H]1C(=O)Nc1ccn(Cc2ccc(Br)cc2)n1. The van der Waals surface area contributed by atoms with E-state index in [0.29, 0.717) is 25.2 Å². The number of nitrogens with one attached hydrogen (secondary N) is 1. The van der Waals surface area contributed by atoms with Crippen molar-refractivity contribution in [2.45, 2.75) is 19.4 Å². The highest BCUT2D eigenvalue weighted by Gasteiger charge is 2.34. The maximum Gasteiger partial charge on any atom is 0.307 e. The van der Waals surface area contributed by atoms with Crippen LogP contribution in [0.15, 0.2) is 53.2 Å². The van der Waals surface area contributed by atoms with Gasteiger partial charge < -0.3 is 10.4 Å². The Hall–Kier alpha value is -2.41. The summed E-state index contributed by atoms with van der Waals surface area (Å²) in [5.74, 6) is -2.06. The molecule has 0 saturated heterocycles. The van der Waals surface area contributed by atoms with Crippen molar-refractivity contribution in [2.24, 2.45) is 11.8 Å². The number of hydrogen-bond donors (Lipinski definition) is 2. The Morgan fingerprint density at radius 3 is 2.52 bits per heavy atom. The van der Waals surface area contributed by atoms with Gasteiger partial charge in [-0.1, -0.05) is 40.2 Å². The van der Waals surface area contributed by atoms with Gasteiger partial charge in [0.05, 0.1) is 18.4 Å². The normalized spacial score (nSPS) is 19.6. The van der Waals surface area contributed by atoms with Crippen LogP contribution >= 0.6 is 15.9 Å². The first-order valence-corrected chi connectivity index (χ1v) is 8.79. The first kappa shape index (κ1) is 17.4. The van der Waals surface area contributed by atoms with E-state index in [1.807, 2.05) is 36.4 Å². The zero-order chi connectivity index (χ0) is 17.8. The van der Waals surface area contributed by atoms with Crippen molar-refractivity contribution < 1.29 is 14.7 Å². The van der Waals surface area contributed by atoms with Gasteiger partial charge in [-0.3, -0.25) is 14.3 Å². The van der Waals surface area contributed by atoms with Crippen molar-refractivity contribution in [1.82, 2.24) is 9.78 Å². The van der Waals surface area contributed by atoms with Crippen molar-refractivity contribution in [1.29, 1.82) is 0 Å². The first-order chi connectivity index (χ1) is 12.0. The molecule has 1 aromatic carbocycles. The van der Waals surface area contributed by atoms with Crippen LogP contribution < -0.4 is 5.32 Å². The molecule has 2 N–H and O–H groups in total. The molecule has 6 nitrogen and oxygen atoms in total. The van der Waals surface area contributed by atoms with Crippen LogP contribution in [0.25, 0.3) is 0 Å². The van der Waals surface area contributed by atoms with Gasteiger partial charge in [0, 0.05) is 16.7 Å². The number of carbonyl (C=O) groups is 2. The molecule has 0 saturated carbocycles. The van der Waals surface area contributed by atoms with Gasteiger partial charge in [-0.05, 0) is 30.5 Å². The van der Waals surface area contributed by atoms with Gasteiger partial charge in [0.15, 0.2) is 5.82 Å². The summed E-state index contributed by atoms with van der Waals surface area (Å²) in [4.78, 5) is 23.7. The smallest absolute Gasteiger partial charge is 0.307 e. The molecule has 1 aromatic heterocycles. The van der Waals surface area contributed by atoms with Gasteiger partial charge >= 0.3 is 5.97 Å². The van der Waals surface area contributed by atoms with Gasteiger partial charge in [0.1, 0.15) is 0 Å². The second-order valence-corrected chi connectivity index (χ2v) is 6.92. The molecule has 0 unspecified atom stereocenters. The van der Waals surface area contributed by atoms with E-state index in [1.165, 1.54) is 0 Å². The number of anilines is 1. The summed E-state index contributed by atoms with van der Waals surface area (Å²) in [6.07, 6.45) is 6.27. The molecule has 130 valence electrons. The topological polar surface area (TPSA) is 84.2 Å². The predicted octanol–water partition coefficient (Wildman–Crippen LogP) is 3.30. The number of hydrogen-bond acceptors (Lipinski definition) is 3. The Labute approximate surface area is 153 Å². The van der Waals surface area contributed by atoms with Crippen molar-refractivity contribution in [3.05, 3.63) is 58.7 Å². The van der Waals surface area contributed by atoms with Crippen LogP contribution in [0.2, 0.25) is 0 Å². The zero-order valence-electron chi connectivity index (χ0n) is 13.4. The Bertz CT molecular complexity index is 798. The summed E-state index contributed by atoms with van der Waals surface area (Å²) < 4.78 is 2.74. The van der Waals surface area contributed by atoms with Gasteiger partial charge in [0.25, 0.3) is 0 Å². The lowest BCUT2D eigenvalue weighted by Gasteiger charge is -2.23. The molecular weight excluding hydrogens is 386 g/mol. The Balaban J connectivity index is 1.64. The number of allylic oxidation sites excluding steroid dienone is 2. The molecule has 25 heavy (non-hydrogen) atoms. The molecule has 1 heterocycles. The number of carbonyl (C=O) groups excluding carboxylic acids is 1. The molecule has 3 rings (SSSR count). The largest absolute Gasteiger partial charge is 0.481 e. The lowest BCUT2D eigenvalue weighted by molar-refractivity contribution is -0.146. The van der Waals surface area contributed by atoms with Gasteiger partial charge in [-0.15, -0.1) is 0 Å². The minimum Gasteiger partial charge on any atom is -0.481 e. The Kier molecular flexibility index (Phi) is 5.33. The second kappa shape index (κ2) is 7.65. The number of benzene rings is 1. The van der Waals surface area contributed by atoms with Crippen LogP contribution in [0.3, 0.4) is 0 Å². The lowest BCUT2D eigenvalue weighted by Crippen LogP contribution is -2.34. The molecule has 0 bridgehead atoms. The van der Waals surface area contributed by atoms with E-state index in [0.717, 1.165) is 10.0 Å². The highest BCUT2D eigenvalue weighted by Crippen LogP contribution is 2.27. The lowest BCUT2D eigenvalue weighted by atomic mass is 9.82. The van der Waals surface area contributed by atoms with E-state index in [1.54, 1.807) is 16.9 Å². The van der Waals surface area contributed by atoms with Crippen LogP contribution in [-0.4, -0.2) is 26.8 Å². The number of carboxylic acids is 1. The van der Waals surface area contributed by atoms with E-state index in [-0.39, 0.29) is 5.91 Å². The average Bonchev–Trinajstić information content (AvgIpc) is 3.03. The van der Waals surface area contributed by atoms with Crippen molar-refractivity contribution in [3.63, 3.8) is 0 Å². The quantitative estimate of drug-likeness (QED) is 0.750. The van der Waals surface area contributed by atoms with Crippen LogP contribution in [0.1, 0.15) is 18.4 Å². The Morgan fingerprint density at radius 2 is 1.84 bits per heavy atom. The zero-order valence-corrected chi connectivity index (χ0v) is 15.0. The van der Waals surface area contributed by atoms with E-state index >= 15 is 0 Å². The standard InChI is InChI=1S/C18H18BrN3O3/c19-13-7-5-12(6-8-13)11-22-10-9-16(21-22)20-17(23)14-3-1-2-4-15(14)18(24)25/h1-2,5-10,14-15H,3-4,11H2,(H,24,25)(H,20,21,23)/t14-,15-/m0/s1. The number of carboxylic acid groups (broad SMARTS) is 1. The third kappa shape index (κ3) is 4.36. The molecule has 7 heteroatoms. The first-order valence-electron chi connectivity index (χ1n) is 7.99. The fourth-order valence-electron chi connectivity index (χ4n) is 2.89. The molecule has 0 spiro atoms. The summed E-state index contributed by atoms with van der Waals surface area (Å²) in [6.45, 7) is 0.590. The number of nitrogens with zero attached hydrogens (tertiary/aromatic N) is 2. The maximum absolute atomic E-state index is 12.4. The highest BCUT2D eigenvalue weighted by atomic mass is 79.9. The number of amides is 1. The van der Waals surface area contributed by atoms with E-state index in [4.69, 9.17) is 0 Å². The number of aliphatic carboxylic acids is 1. The predicted molar refractivity (Wildman–Crippen MR) is 97.1 cm³/mol. The molecule has 2 aromatic rings. The van der Waals surface area contributed by atoms with Crippen molar-refractivity contribution in [3.8, 4) is 0 Å². The molecule has 0 radical (unpaired) electrons. The second-order valence-electron chi connectivity index (χ2n) is 6.01. The van der Waals surface area contributed by atoms with E-state index < -0.39 is 17.8 Å². The fraction of sp³-hybridized carbons (Fsp3) is 0.278. The van der Waals surface area contributed by atoms with E-state index in [2.05, 4.69) is 26.3 Å². The van der Waals surface area contributed by atoms with Gasteiger partial charge in [-0.25, -0.2) is 0 Å². The molecule has 0 fully saturated rings. The third-order valence-corrected chi connectivity index (χ3v) is 4.76. The summed E-state index contributed by atoms with van der Waals surface area (Å²) >= 11 is 3.40. The average molecular weight is 404 g/mol. The number of aromatic nitrogens is 2. The number of rotatable bonds is 5. The molecule has 1 amide bonds. The van der Waals surface area contributed by atoms with Crippen LogP contribution in [0.5, 0.6) is 0 Å². The van der Waals surface area contributed by atoms with Crippen molar-refractivity contribution in [2.75, 3.05) is 5.32 Å². The molecule has 2 atom stereocenters. The Morgan fingerprint density at radius 1 is 1.16 bits per heavy atom. The maximum atomic E-state index is 12.4. The molecule has 1 aliphatic carbocycles. The summed E-state index contributed by atoms with van der Waals surface area (Å²) in [5, 5.41) is 16.4. The molecular formula is C18H18BrN3O3. The third-order valence-electron chi connectivity index (χ3n) is 4.24. The van der Waals surface area contributed by atoms with Crippen LogP contribution in [-0.2, 0) is 16.1 Å². The van der Waals surface area contributed by atoms with Crippen molar-refractivity contribution >= 4 is 33.6 Å². The van der Waals surface area contributed by atoms with E-state index in [9.17, 15) is 14.7 Å². The summed E-state index contributed by atoms with van der Waals surface area (Å²) in [5.41, 5.74) is 1.09. The number of halogens is 1. The monoisotopic (exact) mass is 403 g/mol. The molecule has 1 aliphatic rings. The highest BCUT2D eigenvalue weighted by molar-refractivity contribution is 9.10. The van der Waals surface area contributed by atoms with Crippen LogP contribution in [0, 0.1) is 11.8 Å². The molecule has 0 aliphatic heterocycles. The minimum atomic E-state index is -0.940. The van der Waals surface area contributed by atoms with Gasteiger partial charge in [0.2, 0.25) is 5.91 Å². The minimum absolute atomic E-state index is 0.300.